The molecule has 2 rings (SSSR count). The smallest absolute Gasteiger partial charge is 0.330 e. The summed E-state index contributed by atoms with van der Waals surface area (Å²) >= 11 is 6.99. The van der Waals surface area contributed by atoms with Crippen molar-refractivity contribution in [1.82, 2.24) is 4.73 Å². The highest BCUT2D eigenvalue weighted by atomic mass is 32.1. The van der Waals surface area contributed by atoms with Crippen LogP contribution in [0.4, 0.5) is 0 Å². The van der Waals surface area contributed by atoms with Gasteiger partial charge in [-0.05, 0) is 68.7 Å². The van der Waals surface area contributed by atoms with Crippen LogP contribution in [0.1, 0.15) is 25.5 Å². The molecule has 1 heterocycles. The summed E-state index contributed by atoms with van der Waals surface area (Å²) in [6.45, 7) is 3.98. The van der Waals surface area contributed by atoms with Gasteiger partial charge in [-0.15, -0.1) is 11.3 Å². The van der Waals surface area contributed by atoms with E-state index >= 15 is 0 Å². The number of rotatable bonds is 8. The van der Waals surface area contributed by atoms with Crippen LogP contribution >= 0.6 is 23.6 Å². The Morgan fingerprint density at radius 1 is 1.31 bits per heavy atom. The van der Waals surface area contributed by atoms with Crippen LogP contribution < -0.4 is 9.57 Å². The van der Waals surface area contributed by atoms with Gasteiger partial charge in [-0.1, -0.05) is 6.08 Å². The average Bonchev–Trinajstić information content (AvgIpc) is 2.93. The quantitative estimate of drug-likeness (QED) is 0.373. The van der Waals surface area contributed by atoms with Crippen molar-refractivity contribution in [2.75, 3.05) is 14.2 Å². The number of thiazole rings is 1. The topological polar surface area (TPSA) is 49.7 Å². The third kappa shape index (κ3) is 5.19. The number of aromatic nitrogens is 1. The van der Waals surface area contributed by atoms with Gasteiger partial charge >= 0.3 is 5.97 Å². The maximum atomic E-state index is 11.0. The predicted molar refractivity (Wildman–Crippen MR) is 106 cm³/mol. The molecule has 0 saturated carbocycles. The molecular weight excluding hydrogens is 370 g/mol. The van der Waals surface area contributed by atoms with Gasteiger partial charge in [0.05, 0.1) is 24.8 Å². The Morgan fingerprint density at radius 3 is 2.62 bits per heavy atom. The first-order chi connectivity index (χ1) is 12.5. The Bertz CT molecular complexity index is 821. The molecule has 1 atom stereocenters. The number of hydrogen-bond donors (Lipinski definition) is 0. The maximum Gasteiger partial charge on any atom is 0.330 e. The van der Waals surface area contributed by atoms with Gasteiger partial charge in [0.1, 0.15) is 11.9 Å². The molecule has 0 N–H and O–H groups in total. The second-order valence-electron chi connectivity index (χ2n) is 5.72. The summed E-state index contributed by atoms with van der Waals surface area (Å²) in [6.07, 6.45) is 4.66. The summed E-state index contributed by atoms with van der Waals surface area (Å²) in [5, 5.41) is 0. The molecule has 140 valence electrons. The van der Waals surface area contributed by atoms with E-state index in [-0.39, 0.29) is 12.1 Å². The fourth-order valence-corrected chi connectivity index (χ4v) is 3.73. The lowest BCUT2D eigenvalue weighted by Crippen LogP contribution is -2.23. The van der Waals surface area contributed by atoms with Crippen LogP contribution in [0.15, 0.2) is 36.4 Å². The van der Waals surface area contributed by atoms with E-state index in [1.54, 1.807) is 17.9 Å². The molecule has 0 saturated heterocycles. The first-order valence-electron chi connectivity index (χ1n) is 8.24. The molecule has 1 aromatic heterocycles. The van der Waals surface area contributed by atoms with Crippen LogP contribution in [-0.4, -0.2) is 31.0 Å². The lowest BCUT2D eigenvalue weighted by atomic mass is 10.1. The average molecular weight is 394 g/mol. The van der Waals surface area contributed by atoms with Crippen LogP contribution in [0.3, 0.4) is 0 Å². The number of carbonyl (C=O) groups excluding carboxylic acids is 1. The van der Waals surface area contributed by atoms with Gasteiger partial charge in [-0.25, -0.2) is 4.79 Å². The second-order valence-corrected chi connectivity index (χ2v) is 7.37. The van der Waals surface area contributed by atoms with E-state index in [2.05, 4.69) is 4.74 Å². The Kier molecular flexibility index (Phi) is 7.41. The first kappa shape index (κ1) is 20.2. The number of methoxy groups -OCH3 is 2. The van der Waals surface area contributed by atoms with E-state index in [0.29, 0.717) is 3.95 Å². The maximum absolute atomic E-state index is 11.0. The number of nitrogens with zero attached hydrogens (tertiary/aromatic N) is 1. The number of carbonyl (C=O) groups is 1. The third-order valence-corrected chi connectivity index (χ3v) is 5.31. The molecule has 2 aromatic rings. The van der Waals surface area contributed by atoms with E-state index < -0.39 is 0 Å². The largest absolute Gasteiger partial charge is 0.497 e. The fourth-order valence-electron chi connectivity index (χ4n) is 2.38. The lowest BCUT2D eigenvalue weighted by molar-refractivity contribution is -0.134. The molecule has 0 spiro atoms. The fraction of sp³-hybridized carbons (Fsp3) is 0.368. The summed E-state index contributed by atoms with van der Waals surface area (Å²) in [5.74, 6) is 0.470. The van der Waals surface area contributed by atoms with Crippen molar-refractivity contribution < 1.29 is 19.1 Å². The molecular formula is C19H23NO4S2. The Hall–Kier alpha value is -2.12. The Labute approximate surface area is 162 Å². The van der Waals surface area contributed by atoms with Crippen molar-refractivity contribution >= 4 is 29.5 Å². The lowest BCUT2D eigenvalue weighted by Gasteiger charge is -2.15. The number of allylic oxidation sites excluding steroid dienone is 1. The molecule has 26 heavy (non-hydrogen) atoms. The number of esters is 1. The van der Waals surface area contributed by atoms with E-state index in [1.807, 2.05) is 38.1 Å². The molecule has 0 aliphatic heterocycles. The minimum Gasteiger partial charge on any atom is -0.497 e. The van der Waals surface area contributed by atoms with E-state index in [0.717, 1.165) is 34.7 Å². The number of hydrogen-bond acceptors (Lipinski definition) is 6. The molecule has 1 aromatic carbocycles. The zero-order valence-electron chi connectivity index (χ0n) is 15.4. The van der Waals surface area contributed by atoms with Crippen LogP contribution in [0.2, 0.25) is 0 Å². The standard InChI is InChI=1S/C19H23NO4S2/c1-13(7-5-6-8-17(21)23-4)24-20-14(2)18(26-19(20)25)15-9-11-16(22-3)12-10-15/h6,8-13H,5,7H2,1-4H3/b8-6+. The van der Waals surface area contributed by atoms with Crippen molar-refractivity contribution in [3.63, 3.8) is 0 Å². The molecule has 0 aliphatic carbocycles. The van der Waals surface area contributed by atoms with Crippen LogP contribution in [-0.2, 0) is 9.53 Å². The van der Waals surface area contributed by atoms with Crippen LogP contribution in [0.25, 0.3) is 10.4 Å². The van der Waals surface area contributed by atoms with Crippen molar-refractivity contribution in [3.05, 3.63) is 46.1 Å². The van der Waals surface area contributed by atoms with Gasteiger partial charge in [0.2, 0.25) is 0 Å². The molecule has 7 heteroatoms. The summed E-state index contributed by atoms with van der Waals surface area (Å²) in [6, 6.07) is 7.88. The molecule has 0 aliphatic rings. The molecule has 0 bridgehead atoms. The minimum absolute atomic E-state index is 0.0407. The predicted octanol–water partition coefficient (Wildman–Crippen LogP) is 4.59. The van der Waals surface area contributed by atoms with E-state index in [4.69, 9.17) is 21.8 Å². The minimum atomic E-state index is -0.349. The van der Waals surface area contributed by atoms with Gasteiger partial charge in [-0.3, -0.25) is 0 Å². The van der Waals surface area contributed by atoms with Gasteiger partial charge in [-0.2, -0.15) is 4.73 Å². The first-order valence-corrected chi connectivity index (χ1v) is 9.47. The normalized spacial score (nSPS) is 12.2. The molecule has 0 amide bonds. The summed E-state index contributed by atoms with van der Waals surface area (Å²) in [7, 11) is 3.01. The van der Waals surface area contributed by atoms with E-state index in [9.17, 15) is 4.79 Å². The van der Waals surface area contributed by atoms with Crippen molar-refractivity contribution in [2.45, 2.75) is 32.8 Å². The van der Waals surface area contributed by atoms with Crippen molar-refractivity contribution in [1.29, 1.82) is 0 Å². The van der Waals surface area contributed by atoms with E-state index in [1.165, 1.54) is 24.5 Å². The Morgan fingerprint density at radius 2 is 2.00 bits per heavy atom. The summed E-state index contributed by atoms with van der Waals surface area (Å²) in [4.78, 5) is 18.1. The van der Waals surface area contributed by atoms with Gasteiger partial charge < -0.3 is 14.3 Å². The molecule has 1 unspecified atom stereocenters. The zero-order valence-corrected chi connectivity index (χ0v) is 17.0. The third-order valence-electron chi connectivity index (χ3n) is 3.82. The summed E-state index contributed by atoms with van der Waals surface area (Å²) < 4.78 is 12.2. The van der Waals surface area contributed by atoms with Gasteiger partial charge in [0, 0.05) is 6.08 Å². The Balaban J connectivity index is 2.06. The highest BCUT2D eigenvalue weighted by molar-refractivity contribution is 7.73. The highest BCUT2D eigenvalue weighted by Gasteiger charge is 2.14. The van der Waals surface area contributed by atoms with Gasteiger partial charge in [0.25, 0.3) is 0 Å². The molecule has 5 nitrogen and oxygen atoms in total. The van der Waals surface area contributed by atoms with Crippen LogP contribution in [0, 0.1) is 10.9 Å². The van der Waals surface area contributed by atoms with Crippen molar-refractivity contribution in [3.8, 4) is 16.2 Å². The van der Waals surface area contributed by atoms with Gasteiger partial charge in [0.15, 0.2) is 3.95 Å². The monoisotopic (exact) mass is 393 g/mol. The number of benzene rings is 1. The second kappa shape index (κ2) is 9.54. The highest BCUT2D eigenvalue weighted by Crippen LogP contribution is 2.31. The summed E-state index contributed by atoms with van der Waals surface area (Å²) in [5.41, 5.74) is 2.05. The number of ether oxygens (including phenoxy) is 2. The van der Waals surface area contributed by atoms with Crippen LogP contribution in [0.5, 0.6) is 5.75 Å². The SMILES string of the molecule is COC(=O)/C=C/CCC(C)On1c(C)c(-c2ccc(OC)cc2)sc1=S. The molecule has 0 radical (unpaired) electrons. The zero-order chi connectivity index (χ0) is 19.1. The van der Waals surface area contributed by atoms with Crippen molar-refractivity contribution in [2.24, 2.45) is 0 Å². The molecule has 0 fully saturated rings.